The highest BCUT2D eigenvalue weighted by Crippen LogP contribution is 2.02. The molecule has 0 aromatic heterocycles. The molecule has 0 heterocycles. The van der Waals surface area contributed by atoms with E-state index in [9.17, 15) is 5.11 Å². The highest BCUT2D eigenvalue weighted by Gasteiger charge is 2.21. The first-order valence-electron chi connectivity index (χ1n) is 4.97. The van der Waals surface area contributed by atoms with E-state index in [1.807, 2.05) is 32.8 Å². The number of hydrogen-bond acceptors (Lipinski definition) is 4. The number of nitrogens with one attached hydrogen (secondary N) is 1. The van der Waals surface area contributed by atoms with Crippen molar-refractivity contribution >= 4 is 0 Å². The number of ether oxygens (including phenoxy) is 1. The molecule has 0 aliphatic rings. The van der Waals surface area contributed by atoms with Gasteiger partial charge in [-0.1, -0.05) is 0 Å². The zero-order valence-corrected chi connectivity index (χ0v) is 10.0. The van der Waals surface area contributed by atoms with E-state index in [0.29, 0.717) is 19.7 Å². The standard InChI is InChI=1S/C10H24N2O2/c1-9(6-14-5)11-7-10(2,13)8-12(3)4/h9,11,13H,6-8H2,1-5H3. The third-order valence-corrected chi connectivity index (χ3v) is 1.90. The largest absolute Gasteiger partial charge is 0.388 e. The van der Waals surface area contributed by atoms with Crippen molar-refractivity contribution in [1.29, 1.82) is 0 Å². The summed E-state index contributed by atoms with van der Waals surface area (Å²) in [6.07, 6.45) is 0. The molecule has 0 aliphatic heterocycles. The molecule has 4 nitrogen and oxygen atoms in total. The van der Waals surface area contributed by atoms with Gasteiger partial charge in [0.2, 0.25) is 0 Å². The van der Waals surface area contributed by atoms with E-state index >= 15 is 0 Å². The molecule has 0 bridgehead atoms. The van der Waals surface area contributed by atoms with Crippen LogP contribution >= 0.6 is 0 Å². The van der Waals surface area contributed by atoms with Crippen LogP contribution in [0.2, 0.25) is 0 Å². The summed E-state index contributed by atoms with van der Waals surface area (Å²) in [5.74, 6) is 0. The molecule has 0 saturated heterocycles. The summed E-state index contributed by atoms with van der Waals surface area (Å²) in [7, 11) is 5.58. The number of hydrogen-bond donors (Lipinski definition) is 2. The van der Waals surface area contributed by atoms with Gasteiger partial charge in [0, 0.05) is 26.2 Å². The van der Waals surface area contributed by atoms with Gasteiger partial charge in [-0.15, -0.1) is 0 Å². The quantitative estimate of drug-likeness (QED) is 0.609. The molecule has 2 N–H and O–H groups in total. The minimum Gasteiger partial charge on any atom is -0.388 e. The molecule has 0 aromatic rings. The Kier molecular flexibility index (Phi) is 6.27. The van der Waals surface area contributed by atoms with Gasteiger partial charge in [0.05, 0.1) is 12.2 Å². The average Bonchev–Trinajstić information content (AvgIpc) is 1.99. The van der Waals surface area contributed by atoms with Crippen molar-refractivity contribution in [3.8, 4) is 0 Å². The van der Waals surface area contributed by atoms with Gasteiger partial charge in [-0.25, -0.2) is 0 Å². The summed E-state index contributed by atoms with van der Waals surface area (Å²) < 4.78 is 5.00. The molecule has 2 unspecified atom stereocenters. The van der Waals surface area contributed by atoms with E-state index in [1.165, 1.54) is 0 Å². The van der Waals surface area contributed by atoms with Crippen LogP contribution < -0.4 is 5.32 Å². The van der Waals surface area contributed by atoms with Crippen LogP contribution in [0, 0.1) is 0 Å². The second-order valence-corrected chi connectivity index (χ2v) is 4.47. The maximum Gasteiger partial charge on any atom is 0.0869 e. The molecule has 2 atom stereocenters. The van der Waals surface area contributed by atoms with Crippen LogP contribution in [-0.4, -0.2) is 62.6 Å². The number of nitrogens with zero attached hydrogens (tertiary/aromatic N) is 1. The Morgan fingerprint density at radius 1 is 1.50 bits per heavy atom. The van der Waals surface area contributed by atoms with Crippen molar-refractivity contribution in [3.05, 3.63) is 0 Å². The van der Waals surface area contributed by atoms with E-state index in [1.54, 1.807) is 7.11 Å². The highest BCUT2D eigenvalue weighted by molar-refractivity contribution is 4.79. The van der Waals surface area contributed by atoms with Crippen molar-refractivity contribution in [1.82, 2.24) is 10.2 Å². The minimum absolute atomic E-state index is 0.272. The molecule has 0 spiro atoms. The van der Waals surface area contributed by atoms with Crippen LogP contribution in [0.15, 0.2) is 0 Å². The van der Waals surface area contributed by atoms with E-state index in [4.69, 9.17) is 4.74 Å². The second-order valence-electron chi connectivity index (χ2n) is 4.47. The van der Waals surface area contributed by atoms with Crippen LogP contribution in [0.3, 0.4) is 0 Å². The molecule has 0 fully saturated rings. The fraction of sp³-hybridized carbons (Fsp3) is 1.00. The summed E-state index contributed by atoms with van der Waals surface area (Å²) in [4.78, 5) is 1.97. The third-order valence-electron chi connectivity index (χ3n) is 1.90. The Labute approximate surface area is 87.2 Å². The average molecular weight is 204 g/mol. The van der Waals surface area contributed by atoms with E-state index in [2.05, 4.69) is 5.32 Å². The predicted octanol–water partition coefficient (Wildman–Crippen LogP) is -0.0765. The zero-order chi connectivity index (χ0) is 11.2. The Morgan fingerprint density at radius 3 is 2.50 bits per heavy atom. The fourth-order valence-corrected chi connectivity index (χ4v) is 1.44. The molecule has 0 radical (unpaired) electrons. The van der Waals surface area contributed by atoms with Gasteiger partial charge in [-0.2, -0.15) is 0 Å². The topological polar surface area (TPSA) is 44.7 Å². The first-order chi connectivity index (χ1) is 6.37. The lowest BCUT2D eigenvalue weighted by Crippen LogP contribution is -2.48. The number of aliphatic hydroxyl groups is 1. The minimum atomic E-state index is -0.689. The first-order valence-corrected chi connectivity index (χ1v) is 4.97. The SMILES string of the molecule is COCC(C)NCC(C)(O)CN(C)C. The van der Waals surface area contributed by atoms with Gasteiger partial charge in [0.15, 0.2) is 0 Å². The summed E-state index contributed by atoms with van der Waals surface area (Å²) in [6, 6.07) is 0.272. The molecule has 86 valence electrons. The van der Waals surface area contributed by atoms with E-state index < -0.39 is 5.60 Å². The molecule has 0 aliphatic carbocycles. The monoisotopic (exact) mass is 204 g/mol. The number of likely N-dealkylation sites (N-methyl/N-ethyl adjacent to an activating group) is 1. The van der Waals surface area contributed by atoms with Crippen LogP contribution in [0.4, 0.5) is 0 Å². The van der Waals surface area contributed by atoms with Gasteiger partial charge in [0.1, 0.15) is 0 Å². The fourth-order valence-electron chi connectivity index (χ4n) is 1.44. The molecule has 0 amide bonds. The van der Waals surface area contributed by atoms with Crippen LogP contribution in [0.25, 0.3) is 0 Å². The third kappa shape index (κ3) is 7.26. The number of rotatable bonds is 7. The Balaban J connectivity index is 3.74. The summed E-state index contributed by atoms with van der Waals surface area (Å²) >= 11 is 0. The first kappa shape index (κ1) is 13.8. The van der Waals surface area contributed by atoms with E-state index in [0.717, 1.165) is 0 Å². The predicted molar refractivity (Wildman–Crippen MR) is 58.5 cm³/mol. The summed E-state index contributed by atoms with van der Waals surface area (Å²) in [5.41, 5.74) is -0.689. The van der Waals surface area contributed by atoms with Crippen molar-refractivity contribution in [2.24, 2.45) is 0 Å². The second kappa shape index (κ2) is 6.35. The Bertz CT molecular complexity index is 149. The molecule has 14 heavy (non-hydrogen) atoms. The molecule has 0 rings (SSSR count). The lowest BCUT2D eigenvalue weighted by atomic mass is 10.1. The maximum absolute atomic E-state index is 9.96. The van der Waals surface area contributed by atoms with Crippen molar-refractivity contribution in [2.45, 2.75) is 25.5 Å². The Morgan fingerprint density at radius 2 is 2.07 bits per heavy atom. The maximum atomic E-state index is 9.96. The normalized spacial score (nSPS) is 18.2. The zero-order valence-electron chi connectivity index (χ0n) is 10.0. The van der Waals surface area contributed by atoms with Crippen LogP contribution in [0.5, 0.6) is 0 Å². The Hall–Kier alpha value is -0.160. The van der Waals surface area contributed by atoms with Crippen molar-refractivity contribution in [3.63, 3.8) is 0 Å². The van der Waals surface area contributed by atoms with Gasteiger partial charge >= 0.3 is 0 Å². The van der Waals surface area contributed by atoms with Crippen LogP contribution in [0.1, 0.15) is 13.8 Å². The van der Waals surface area contributed by atoms with Gasteiger partial charge in [-0.05, 0) is 27.9 Å². The smallest absolute Gasteiger partial charge is 0.0869 e. The molecule has 4 heteroatoms. The van der Waals surface area contributed by atoms with Crippen LogP contribution in [-0.2, 0) is 4.74 Å². The lowest BCUT2D eigenvalue weighted by Gasteiger charge is -2.28. The molecule has 0 aromatic carbocycles. The number of methoxy groups -OCH3 is 1. The van der Waals surface area contributed by atoms with Gasteiger partial charge in [-0.3, -0.25) is 0 Å². The summed E-state index contributed by atoms with van der Waals surface area (Å²) in [6.45, 7) is 5.77. The van der Waals surface area contributed by atoms with Crippen molar-refractivity contribution in [2.75, 3.05) is 40.9 Å². The van der Waals surface area contributed by atoms with E-state index in [-0.39, 0.29) is 6.04 Å². The van der Waals surface area contributed by atoms with Gasteiger partial charge < -0.3 is 20.1 Å². The molecule has 0 saturated carbocycles. The van der Waals surface area contributed by atoms with Gasteiger partial charge in [0.25, 0.3) is 0 Å². The lowest BCUT2D eigenvalue weighted by molar-refractivity contribution is 0.0289. The highest BCUT2D eigenvalue weighted by atomic mass is 16.5. The molecular formula is C10H24N2O2. The summed E-state index contributed by atoms with van der Waals surface area (Å²) in [5, 5.41) is 13.2. The molecular weight excluding hydrogens is 180 g/mol. The van der Waals surface area contributed by atoms with Crippen molar-refractivity contribution < 1.29 is 9.84 Å².